The molecule has 1 fully saturated rings. The number of aromatic amines is 1. The molecule has 1 N–H and O–H groups in total. The maximum absolute atomic E-state index is 14.3. The van der Waals surface area contributed by atoms with E-state index in [0.29, 0.717) is 23.1 Å². The Balaban J connectivity index is 1.47. The van der Waals surface area contributed by atoms with Crippen molar-refractivity contribution in [3.63, 3.8) is 0 Å². The molecular weight excluding hydrogens is 502 g/mol. The smallest absolute Gasteiger partial charge is 0.255 e. The summed E-state index contributed by atoms with van der Waals surface area (Å²) in [6, 6.07) is 21.3. The second-order valence-electron chi connectivity index (χ2n) is 9.96. The van der Waals surface area contributed by atoms with Crippen LogP contribution in [0.4, 0.5) is 0 Å². The number of nitrogens with zero attached hydrogens (tertiary/aromatic N) is 2. The number of nitrogens with one attached hydrogen (secondary N) is 1. The summed E-state index contributed by atoms with van der Waals surface area (Å²) >= 11 is 6.67. The average Bonchev–Trinajstić information content (AvgIpc) is 3.33. The van der Waals surface area contributed by atoms with E-state index in [4.69, 9.17) is 21.1 Å². The number of methoxy groups -OCH3 is 2. The molecule has 2 atom stereocenters. The van der Waals surface area contributed by atoms with E-state index in [1.807, 2.05) is 67.6 Å². The summed E-state index contributed by atoms with van der Waals surface area (Å²) in [6.45, 7) is 2.49. The minimum atomic E-state index is -1.18. The lowest BCUT2D eigenvalue weighted by Crippen LogP contribution is -2.67. The fourth-order valence-corrected chi connectivity index (χ4v) is 6.31. The molecule has 3 aromatic carbocycles. The highest BCUT2D eigenvalue weighted by Gasteiger charge is 2.56. The summed E-state index contributed by atoms with van der Waals surface area (Å²) < 4.78 is 10.8. The Morgan fingerprint density at radius 1 is 1.00 bits per heavy atom. The molecule has 2 aliphatic heterocycles. The normalized spacial score (nSPS) is 20.9. The number of H-pyrrole nitrogens is 1. The number of amides is 2. The molecule has 194 valence electrons. The Hall–Kier alpha value is -3.97. The van der Waals surface area contributed by atoms with Gasteiger partial charge in [-0.05, 0) is 47.9 Å². The molecule has 4 aromatic rings. The second kappa shape index (κ2) is 9.10. The number of para-hydroxylation sites is 1. The zero-order chi connectivity index (χ0) is 26.6. The molecule has 7 nitrogen and oxygen atoms in total. The van der Waals surface area contributed by atoms with Gasteiger partial charge in [0.2, 0.25) is 5.91 Å². The SMILES string of the molecule is COc1ccc(CN2CC(=O)N3CC(c4ccccc4Cl)c4c([nH]c5ccccc45)C3(C)C2=O)cc1OC. The Morgan fingerprint density at radius 3 is 2.50 bits per heavy atom. The molecular formula is C30H28ClN3O4. The van der Waals surface area contributed by atoms with E-state index in [2.05, 4.69) is 11.1 Å². The van der Waals surface area contributed by atoms with Crippen LogP contribution in [-0.4, -0.2) is 53.9 Å². The van der Waals surface area contributed by atoms with E-state index in [1.165, 1.54) is 0 Å². The molecule has 0 saturated carbocycles. The van der Waals surface area contributed by atoms with Crippen molar-refractivity contribution in [1.29, 1.82) is 0 Å². The fraction of sp³-hybridized carbons (Fsp3) is 0.267. The number of hydrogen-bond acceptors (Lipinski definition) is 4. The van der Waals surface area contributed by atoms with Crippen LogP contribution in [0.2, 0.25) is 5.02 Å². The van der Waals surface area contributed by atoms with E-state index in [0.717, 1.165) is 33.3 Å². The highest BCUT2D eigenvalue weighted by molar-refractivity contribution is 6.31. The molecule has 1 saturated heterocycles. The van der Waals surface area contributed by atoms with Crippen LogP contribution in [0.5, 0.6) is 11.5 Å². The van der Waals surface area contributed by atoms with Crippen LogP contribution in [0.15, 0.2) is 66.7 Å². The van der Waals surface area contributed by atoms with Gasteiger partial charge in [0.15, 0.2) is 17.0 Å². The first kappa shape index (κ1) is 24.4. The number of rotatable bonds is 5. The molecule has 8 heteroatoms. The predicted octanol–water partition coefficient (Wildman–Crippen LogP) is 5.07. The fourth-order valence-electron chi connectivity index (χ4n) is 6.04. The van der Waals surface area contributed by atoms with Crippen LogP contribution in [-0.2, 0) is 21.7 Å². The molecule has 1 aromatic heterocycles. The maximum atomic E-state index is 14.3. The monoisotopic (exact) mass is 529 g/mol. The largest absolute Gasteiger partial charge is 0.493 e. The number of aromatic nitrogens is 1. The molecule has 0 radical (unpaired) electrons. The van der Waals surface area contributed by atoms with Gasteiger partial charge in [-0.1, -0.05) is 54.1 Å². The van der Waals surface area contributed by atoms with Gasteiger partial charge in [-0.25, -0.2) is 0 Å². The van der Waals surface area contributed by atoms with Crippen molar-refractivity contribution < 1.29 is 19.1 Å². The first-order chi connectivity index (χ1) is 18.4. The third-order valence-electron chi connectivity index (χ3n) is 7.92. The zero-order valence-electron chi connectivity index (χ0n) is 21.5. The summed E-state index contributed by atoms with van der Waals surface area (Å²) in [6.07, 6.45) is 0. The van der Waals surface area contributed by atoms with Crippen molar-refractivity contribution in [3.8, 4) is 11.5 Å². The lowest BCUT2D eigenvalue weighted by Gasteiger charge is -2.51. The van der Waals surface area contributed by atoms with Crippen molar-refractivity contribution in [1.82, 2.24) is 14.8 Å². The lowest BCUT2D eigenvalue weighted by molar-refractivity contribution is -0.166. The van der Waals surface area contributed by atoms with Crippen LogP contribution in [0.3, 0.4) is 0 Å². The molecule has 0 bridgehead atoms. The van der Waals surface area contributed by atoms with Gasteiger partial charge < -0.3 is 24.3 Å². The summed E-state index contributed by atoms with van der Waals surface area (Å²) in [5.41, 5.74) is 3.29. The topological polar surface area (TPSA) is 74.9 Å². The third kappa shape index (κ3) is 3.56. The Labute approximate surface area is 225 Å². The molecule has 0 aliphatic carbocycles. The third-order valence-corrected chi connectivity index (χ3v) is 8.26. The summed E-state index contributed by atoms with van der Waals surface area (Å²) in [7, 11) is 3.15. The van der Waals surface area contributed by atoms with Crippen LogP contribution >= 0.6 is 11.6 Å². The molecule has 38 heavy (non-hydrogen) atoms. The Bertz CT molecular complexity index is 1580. The van der Waals surface area contributed by atoms with Gasteiger partial charge in [0.05, 0.1) is 19.9 Å². The van der Waals surface area contributed by atoms with E-state index in [1.54, 1.807) is 24.0 Å². The molecule has 2 amide bonds. The van der Waals surface area contributed by atoms with Crippen molar-refractivity contribution in [2.24, 2.45) is 0 Å². The summed E-state index contributed by atoms with van der Waals surface area (Å²) in [4.78, 5) is 34.9. The Kier molecular flexibility index (Phi) is 5.83. The van der Waals surface area contributed by atoms with Crippen LogP contribution in [0, 0.1) is 0 Å². The van der Waals surface area contributed by atoms with E-state index in [9.17, 15) is 9.59 Å². The number of hydrogen-bond donors (Lipinski definition) is 1. The van der Waals surface area contributed by atoms with Crippen molar-refractivity contribution in [2.45, 2.75) is 24.9 Å². The summed E-state index contributed by atoms with van der Waals surface area (Å²) in [5.74, 6) is 0.783. The van der Waals surface area contributed by atoms with Crippen molar-refractivity contribution in [2.75, 3.05) is 27.3 Å². The van der Waals surface area contributed by atoms with Crippen molar-refractivity contribution >= 4 is 34.3 Å². The molecule has 3 heterocycles. The molecule has 2 unspecified atom stereocenters. The molecule has 2 aliphatic rings. The number of carbonyl (C=O) groups excluding carboxylic acids is 2. The van der Waals surface area contributed by atoms with E-state index >= 15 is 0 Å². The maximum Gasteiger partial charge on any atom is 0.255 e. The van der Waals surface area contributed by atoms with Gasteiger partial charge in [0.25, 0.3) is 5.91 Å². The minimum Gasteiger partial charge on any atom is -0.493 e. The van der Waals surface area contributed by atoms with Crippen LogP contribution < -0.4 is 9.47 Å². The first-order valence-electron chi connectivity index (χ1n) is 12.5. The predicted molar refractivity (Wildman–Crippen MR) is 146 cm³/mol. The van der Waals surface area contributed by atoms with E-state index in [-0.39, 0.29) is 30.8 Å². The van der Waals surface area contributed by atoms with Gasteiger partial charge in [0.1, 0.15) is 6.54 Å². The minimum absolute atomic E-state index is 0.00638. The van der Waals surface area contributed by atoms with E-state index < -0.39 is 5.54 Å². The molecule has 6 rings (SSSR count). The quantitative estimate of drug-likeness (QED) is 0.392. The standard InChI is InChI=1S/C30H28ClN3O4/c1-30-28-27(20-9-5-7-11-23(20)32-28)21(19-8-4-6-10-22(19)31)16-34(30)26(35)17-33(29(30)36)15-18-12-13-24(37-2)25(14-18)38-3/h4-14,21,32H,15-17H2,1-3H3. The number of carbonyl (C=O) groups is 2. The van der Waals surface area contributed by atoms with Gasteiger partial charge in [-0.3, -0.25) is 9.59 Å². The zero-order valence-corrected chi connectivity index (χ0v) is 22.2. The number of ether oxygens (including phenoxy) is 2. The number of halogens is 1. The first-order valence-corrected chi connectivity index (χ1v) is 12.9. The highest BCUT2D eigenvalue weighted by atomic mass is 35.5. The van der Waals surface area contributed by atoms with Crippen molar-refractivity contribution in [3.05, 3.63) is 94.1 Å². The average molecular weight is 530 g/mol. The van der Waals surface area contributed by atoms with Crippen LogP contribution in [0.25, 0.3) is 10.9 Å². The molecule has 0 spiro atoms. The highest BCUT2D eigenvalue weighted by Crippen LogP contribution is 2.49. The van der Waals surface area contributed by atoms with Gasteiger partial charge >= 0.3 is 0 Å². The van der Waals surface area contributed by atoms with Gasteiger partial charge in [0, 0.05) is 34.9 Å². The van der Waals surface area contributed by atoms with Gasteiger partial charge in [-0.2, -0.15) is 0 Å². The summed E-state index contributed by atoms with van der Waals surface area (Å²) in [5, 5.41) is 1.67. The lowest BCUT2D eigenvalue weighted by atomic mass is 9.76. The van der Waals surface area contributed by atoms with Gasteiger partial charge in [-0.15, -0.1) is 0 Å². The Morgan fingerprint density at radius 2 is 1.74 bits per heavy atom. The number of piperazine rings is 1. The number of fused-ring (bicyclic) bond motifs is 5. The van der Waals surface area contributed by atoms with Crippen LogP contribution in [0.1, 0.15) is 35.2 Å². The number of benzene rings is 3. The second-order valence-corrected chi connectivity index (χ2v) is 10.4.